The molecule has 0 fully saturated rings. The van der Waals surface area contributed by atoms with Crippen LogP contribution in [0.3, 0.4) is 0 Å². The molecule has 0 saturated carbocycles. The highest BCUT2D eigenvalue weighted by molar-refractivity contribution is 7.92. The molecule has 3 N–H and O–H groups in total. The van der Waals surface area contributed by atoms with Crippen molar-refractivity contribution in [3.05, 3.63) is 81.4 Å². The third-order valence-corrected chi connectivity index (χ3v) is 7.60. The van der Waals surface area contributed by atoms with Crippen LogP contribution in [0.15, 0.2) is 53.4 Å². The average Bonchev–Trinajstić information content (AvgIpc) is 2.75. The quantitative estimate of drug-likeness (QED) is 0.399. The second-order valence-electron chi connectivity index (χ2n) is 8.57. The molecule has 35 heavy (non-hydrogen) atoms. The molecule has 0 aliphatic carbocycles. The smallest absolute Gasteiger partial charge is 0.325 e. The van der Waals surface area contributed by atoms with Gasteiger partial charge in [-0.05, 0) is 92.3 Å². The van der Waals surface area contributed by atoms with Gasteiger partial charge in [-0.15, -0.1) is 0 Å². The predicted octanol–water partition coefficient (Wildman–Crippen LogP) is 5.24. The Labute approximate surface area is 210 Å². The Morgan fingerprint density at radius 3 is 2.11 bits per heavy atom. The minimum absolute atomic E-state index is 0.155. The highest BCUT2D eigenvalue weighted by Crippen LogP contribution is 2.30. The Bertz CT molecular complexity index is 1410. The molecule has 3 aromatic carbocycles. The number of hydrogen-bond acceptors (Lipinski definition) is 4. The van der Waals surface area contributed by atoms with Crippen molar-refractivity contribution < 1.29 is 23.1 Å². The van der Waals surface area contributed by atoms with E-state index in [1.54, 1.807) is 58.0 Å². The van der Waals surface area contributed by atoms with Crippen LogP contribution in [0, 0.1) is 27.7 Å². The van der Waals surface area contributed by atoms with E-state index in [1.165, 1.54) is 6.92 Å². The fourth-order valence-corrected chi connectivity index (χ4v) is 5.42. The summed E-state index contributed by atoms with van der Waals surface area (Å²) in [5, 5.41) is 12.0. The van der Waals surface area contributed by atoms with E-state index in [-0.39, 0.29) is 4.90 Å². The second kappa shape index (κ2) is 10.1. The summed E-state index contributed by atoms with van der Waals surface area (Å²) in [6.07, 6.45) is 0. The topological polar surface area (TPSA) is 113 Å². The molecule has 0 aromatic heterocycles. The third-order valence-electron chi connectivity index (χ3n) is 5.67. The van der Waals surface area contributed by atoms with Gasteiger partial charge in [-0.2, -0.15) is 0 Å². The summed E-state index contributed by atoms with van der Waals surface area (Å²) in [7, 11) is -3.84. The molecule has 0 bridgehead atoms. The monoisotopic (exact) mass is 514 g/mol. The van der Waals surface area contributed by atoms with E-state index in [9.17, 15) is 18.0 Å². The first-order valence-electron chi connectivity index (χ1n) is 10.8. The van der Waals surface area contributed by atoms with Gasteiger partial charge >= 0.3 is 5.97 Å². The number of amides is 1. The van der Waals surface area contributed by atoms with Crippen molar-refractivity contribution in [1.82, 2.24) is 5.32 Å². The van der Waals surface area contributed by atoms with Crippen molar-refractivity contribution in [3.8, 4) is 11.1 Å². The van der Waals surface area contributed by atoms with Gasteiger partial charge in [0.1, 0.15) is 6.04 Å². The normalized spacial score (nSPS) is 12.2. The van der Waals surface area contributed by atoms with Crippen molar-refractivity contribution in [1.29, 1.82) is 0 Å². The number of carbonyl (C=O) groups is 2. The van der Waals surface area contributed by atoms with E-state index in [2.05, 4.69) is 10.0 Å². The standard InChI is InChI=1S/C26H27ClN2O5S/c1-14-12-23(15(2)11-22(14)27)35(33,34)29-21-8-6-7-19(13-21)20-9-16(3)24(17(4)10-20)25(30)28-18(5)26(31)32/h6-13,18,29H,1-5H3,(H,28,30)(H,31,32)/t18-/m1/s1. The molecular formula is C26H27ClN2O5S. The van der Waals surface area contributed by atoms with E-state index >= 15 is 0 Å². The lowest BCUT2D eigenvalue weighted by molar-refractivity contribution is -0.138. The van der Waals surface area contributed by atoms with Gasteiger partial charge in [0.25, 0.3) is 15.9 Å². The number of nitrogens with one attached hydrogen (secondary N) is 2. The minimum atomic E-state index is -3.84. The summed E-state index contributed by atoms with van der Waals surface area (Å²) in [4.78, 5) is 23.8. The van der Waals surface area contributed by atoms with Crippen LogP contribution in [0.5, 0.6) is 0 Å². The molecular weight excluding hydrogens is 488 g/mol. The lowest BCUT2D eigenvalue weighted by Crippen LogP contribution is -2.38. The molecule has 9 heteroatoms. The number of rotatable bonds is 7. The molecule has 1 amide bonds. The molecule has 7 nitrogen and oxygen atoms in total. The van der Waals surface area contributed by atoms with E-state index in [0.717, 1.165) is 11.1 Å². The number of hydrogen-bond donors (Lipinski definition) is 3. The molecule has 0 spiro atoms. The van der Waals surface area contributed by atoms with Gasteiger partial charge in [0.2, 0.25) is 0 Å². The van der Waals surface area contributed by atoms with Crippen LogP contribution < -0.4 is 10.0 Å². The number of benzene rings is 3. The number of carboxylic acids is 1. The van der Waals surface area contributed by atoms with Gasteiger partial charge < -0.3 is 10.4 Å². The molecule has 0 radical (unpaired) electrons. The number of sulfonamides is 1. The first-order valence-corrected chi connectivity index (χ1v) is 12.7. The van der Waals surface area contributed by atoms with Gasteiger partial charge in [-0.3, -0.25) is 14.3 Å². The summed E-state index contributed by atoms with van der Waals surface area (Å²) in [6.45, 7) is 8.39. The molecule has 0 heterocycles. The maximum absolute atomic E-state index is 13.1. The number of carboxylic acid groups (broad SMARTS) is 1. The summed E-state index contributed by atoms with van der Waals surface area (Å²) in [5.41, 5.74) is 4.91. The van der Waals surface area contributed by atoms with E-state index < -0.39 is 27.9 Å². The Balaban J connectivity index is 1.92. The van der Waals surface area contributed by atoms with Crippen LogP contribution in [-0.2, 0) is 14.8 Å². The zero-order valence-electron chi connectivity index (χ0n) is 20.1. The fourth-order valence-electron chi connectivity index (χ4n) is 3.84. The number of aryl methyl sites for hydroxylation is 4. The maximum Gasteiger partial charge on any atom is 0.325 e. The summed E-state index contributed by atoms with van der Waals surface area (Å²) < 4.78 is 28.7. The van der Waals surface area contributed by atoms with Crippen molar-refractivity contribution in [2.24, 2.45) is 0 Å². The fraction of sp³-hybridized carbons (Fsp3) is 0.231. The lowest BCUT2D eigenvalue weighted by Gasteiger charge is -2.16. The minimum Gasteiger partial charge on any atom is -0.480 e. The van der Waals surface area contributed by atoms with Crippen LogP contribution in [0.4, 0.5) is 5.69 Å². The molecule has 184 valence electrons. The number of halogens is 1. The van der Waals surface area contributed by atoms with Crippen LogP contribution in [0.25, 0.3) is 11.1 Å². The van der Waals surface area contributed by atoms with E-state index in [0.29, 0.717) is 38.5 Å². The molecule has 3 rings (SSSR count). The van der Waals surface area contributed by atoms with Crippen LogP contribution >= 0.6 is 11.6 Å². The molecule has 0 unspecified atom stereocenters. The Morgan fingerprint density at radius 1 is 0.886 bits per heavy atom. The van der Waals surface area contributed by atoms with Crippen LogP contribution in [0.1, 0.15) is 39.5 Å². The number of anilines is 1. The summed E-state index contributed by atoms with van der Waals surface area (Å²) in [6, 6.07) is 12.8. The molecule has 0 saturated heterocycles. The van der Waals surface area contributed by atoms with Crippen molar-refractivity contribution in [3.63, 3.8) is 0 Å². The molecule has 1 atom stereocenters. The summed E-state index contributed by atoms with van der Waals surface area (Å²) >= 11 is 6.11. The number of carbonyl (C=O) groups excluding carboxylic acids is 1. The van der Waals surface area contributed by atoms with Gasteiger partial charge in [0, 0.05) is 16.3 Å². The number of aliphatic carboxylic acids is 1. The van der Waals surface area contributed by atoms with Crippen molar-refractivity contribution in [2.75, 3.05) is 4.72 Å². The Hall–Kier alpha value is -3.36. The van der Waals surface area contributed by atoms with Crippen LogP contribution in [-0.4, -0.2) is 31.4 Å². The van der Waals surface area contributed by atoms with Crippen LogP contribution in [0.2, 0.25) is 5.02 Å². The zero-order valence-corrected chi connectivity index (χ0v) is 21.6. The third kappa shape index (κ3) is 5.83. The first-order chi connectivity index (χ1) is 16.3. The predicted molar refractivity (Wildman–Crippen MR) is 138 cm³/mol. The maximum atomic E-state index is 13.1. The van der Waals surface area contributed by atoms with E-state index in [4.69, 9.17) is 16.7 Å². The highest BCUT2D eigenvalue weighted by Gasteiger charge is 2.21. The lowest BCUT2D eigenvalue weighted by atomic mass is 9.95. The van der Waals surface area contributed by atoms with E-state index in [1.807, 2.05) is 18.2 Å². The molecule has 3 aromatic rings. The van der Waals surface area contributed by atoms with Gasteiger partial charge in [-0.25, -0.2) is 8.42 Å². The Kier molecular flexibility index (Phi) is 7.57. The second-order valence-corrected chi connectivity index (χ2v) is 10.6. The highest BCUT2D eigenvalue weighted by atomic mass is 35.5. The summed E-state index contributed by atoms with van der Waals surface area (Å²) in [5.74, 6) is -1.58. The molecule has 0 aliphatic rings. The van der Waals surface area contributed by atoms with Gasteiger partial charge in [0.15, 0.2) is 0 Å². The Morgan fingerprint density at radius 2 is 1.51 bits per heavy atom. The average molecular weight is 515 g/mol. The zero-order chi connectivity index (χ0) is 26.1. The van der Waals surface area contributed by atoms with Crippen molar-refractivity contribution >= 4 is 39.2 Å². The SMILES string of the molecule is Cc1cc(S(=O)(=O)Nc2cccc(-c3cc(C)c(C(=O)N[C@H](C)C(=O)O)c(C)c3)c2)c(C)cc1Cl. The van der Waals surface area contributed by atoms with Crippen molar-refractivity contribution in [2.45, 2.75) is 45.6 Å². The largest absolute Gasteiger partial charge is 0.480 e. The van der Waals surface area contributed by atoms with Gasteiger partial charge in [0.05, 0.1) is 4.90 Å². The first kappa shape index (κ1) is 26.2. The van der Waals surface area contributed by atoms with Gasteiger partial charge in [-0.1, -0.05) is 35.9 Å². The molecule has 0 aliphatic heterocycles.